The zero-order valence-corrected chi connectivity index (χ0v) is 22.0. The largest absolute Gasteiger partial charge is 0.341 e. The van der Waals surface area contributed by atoms with Crippen molar-refractivity contribution in [2.45, 2.75) is 24.9 Å². The first-order chi connectivity index (χ1) is 18.0. The van der Waals surface area contributed by atoms with Gasteiger partial charge < -0.3 is 10.2 Å². The lowest BCUT2D eigenvalue weighted by molar-refractivity contribution is -0.128. The van der Waals surface area contributed by atoms with Crippen molar-refractivity contribution in [2.24, 2.45) is 0 Å². The van der Waals surface area contributed by atoms with Gasteiger partial charge in [0.2, 0.25) is 5.91 Å². The van der Waals surface area contributed by atoms with E-state index in [0.29, 0.717) is 22.9 Å². The average molecular weight is 527 g/mol. The number of nitrogens with zero attached hydrogens (tertiary/aromatic N) is 1. The van der Waals surface area contributed by atoms with Crippen molar-refractivity contribution in [3.8, 4) is 0 Å². The van der Waals surface area contributed by atoms with Gasteiger partial charge in [0.05, 0.1) is 11.8 Å². The van der Waals surface area contributed by atoms with Crippen LogP contribution in [0.1, 0.15) is 49.6 Å². The van der Waals surface area contributed by atoms with Crippen LogP contribution in [0.25, 0.3) is 0 Å². The second-order valence-electron chi connectivity index (χ2n) is 9.11. The number of hydrogen-bond acceptors (Lipinski definition) is 3. The Bertz CT molecular complexity index is 1390. The Morgan fingerprint density at radius 3 is 2.32 bits per heavy atom. The summed E-state index contributed by atoms with van der Waals surface area (Å²) in [6.07, 6.45) is 0. The molecule has 1 fully saturated rings. The minimum atomic E-state index is -0.257. The molecule has 6 heteroatoms. The van der Waals surface area contributed by atoms with E-state index in [4.69, 9.17) is 11.6 Å². The van der Waals surface area contributed by atoms with E-state index in [0.717, 1.165) is 27.8 Å². The summed E-state index contributed by atoms with van der Waals surface area (Å²) in [5.74, 6) is 0.405. The molecule has 1 N–H and O–H groups in total. The number of carbonyl (C=O) groups excluding carboxylic acids is 2. The second kappa shape index (κ2) is 11.2. The zero-order chi connectivity index (χ0) is 25.8. The van der Waals surface area contributed by atoms with E-state index in [1.165, 1.54) is 0 Å². The Morgan fingerprint density at radius 2 is 1.62 bits per heavy atom. The Morgan fingerprint density at radius 1 is 0.946 bits per heavy atom. The molecule has 186 valence electrons. The first kappa shape index (κ1) is 25.1. The number of rotatable bonds is 7. The standard InChI is InChI=1S/C31H27ClN2O2S/c1-21-7-5-6-10-27(21)29(23-8-3-2-4-9-23)33-30(36)24-13-15-25(16-14-24)31-34(28(35)20-37-31)19-22-11-17-26(32)18-12-22/h2-18,29,31H,19-20H2,1H3,(H,33,36). The molecule has 2 unspecified atom stereocenters. The van der Waals surface area contributed by atoms with Crippen LogP contribution in [0.15, 0.2) is 103 Å². The third kappa shape index (κ3) is 5.74. The summed E-state index contributed by atoms with van der Waals surface area (Å²) in [7, 11) is 0. The first-order valence-corrected chi connectivity index (χ1v) is 13.6. The van der Waals surface area contributed by atoms with Crippen molar-refractivity contribution in [1.82, 2.24) is 10.2 Å². The predicted octanol–water partition coefficient (Wildman–Crippen LogP) is 6.94. The summed E-state index contributed by atoms with van der Waals surface area (Å²) in [5.41, 5.74) is 5.83. The van der Waals surface area contributed by atoms with Gasteiger partial charge in [0.25, 0.3) is 5.91 Å². The van der Waals surface area contributed by atoms with Gasteiger partial charge in [-0.3, -0.25) is 9.59 Å². The second-order valence-corrected chi connectivity index (χ2v) is 10.6. The Labute approximate surface area is 226 Å². The SMILES string of the molecule is Cc1ccccc1C(NC(=O)c1ccc(C2SCC(=O)N2Cc2ccc(Cl)cc2)cc1)c1ccccc1. The van der Waals surface area contributed by atoms with Crippen molar-refractivity contribution >= 4 is 35.2 Å². The Balaban J connectivity index is 1.34. The van der Waals surface area contributed by atoms with E-state index in [1.807, 2.05) is 95.9 Å². The number of amides is 2. The van der Waals surface area contributed by atoms with Crippen LogP contribution in [0.5, 0.6) is 0 Å². The molecule has 0 radical (unpaired) electrons. The number of nitrogens with one attached hydrogen (secondary N) is 1. The van der Waals surface area contributed by atoms with E-state index in [-0.39, 0.29) is 23.2 Å². The van der Waals surface area contributed by atoms with Gasteiger partial charge in [-0.1, -0.05) is 90.5 Å². The molecule has 0 aliphatic carbocycles. The van der Waals surface area contributed by atoms with E-state index in [1.54, 1.807) is 11.8 Å². The molecule has 2 atom stereocenters. The molecule has 1 aliphatic heterocycles. The molecule has 4 aromatic carbocycles. The minimum Gasteiger partial charge on any atom is -0.341 e. The predicted molar refractivity (Wildman–Crippen MR) is 151 cm³/mol. The summed E-state index contributed by atoms with van der Waals surface area (Å²) in [6, 6.07) is 33.0. The van der Waals surface area contributed by atoms with Crippen LogP contribution in [-0.4, -0.2) is 22.5 Å². The third-order valence-electron chi connectivity index (χ3n) is 6.60. The van der Waals surface area contributed by atoms with Gasteiger partial charge in [0, 0.05) is 17.1 Å². The minimum absolute atomic E-state index is 0.0932. The van der Waals surface area contributed by atoms with Gasteiger partial charge in [-0.2, -0.15) is 0 Å². The van der Waals surface area contributed by atoms with Crippen LogP contribution in [0, 0.1) is 6.92 Å². The molecule has 1 aliphatic rings. The normalized spacial score (nSPS) is 16.0. The fourth-order valence-electron chi connectivity index (χ4n) is 4.60. The Kier molecular flexibility index (Phi) is 7.63. The number of carbonyl (C=O) groups is 2. The van der Waals surface area contributed by atoms with Crippen LogP contribution in [-0.2, 0) is 11.3 Å². The average Bonchev–Trinajstić information content (AvgIpc) is 3.29. The quantitative estimate of drug-likeness (QED) is 0.284. The van der Waals surface area contributed by atoms with Crippen molar-refractivity contribution in [3.63, 3.8) is 0 Å². The van der Waals surface area contributed by atoms with Crippen LogP contribution < -0.4 is 5.32 Å². The van der Waals surface area contributed by atoms with E-state index in [2.05, 4.69) is 24.4 Å². The molecule has 0 spiro atoms. The molecule has 0 bridgehead atoms. The number of halogens is 1. The molecule has 4 nitrogen and oxygen atoms in total. The van der Waals surface area contributed by atoms with Gasteiger partial charge in [-0.25, -0.2) is 0 Å². The summed E-state index contributed by atoms with van der Waals surface area (Å²) < 4.78 is 0. The molecule has 2 amide bonds. The van der Waals surface area contributed by atoms with Crippen LogP contribution in [0.3, 0.4) is 0 Å². The van der Waals surface area contributed by atoms with Gasteiger partial charge in [-0.05, 0) is 59.0 Å². The lowest BCUT2D eigenvalue weighted by Gasteiger charge is -2.25. The summed E-state index contributed by atoms with van der Waals surface area (Å²) in [6.45, 7) is 2.58. The van der Waals surface area contributed by atoms with Crippen molar-refractivity contribution in [3.05, 3.63) is 142 Å². The summed E-state index contributed by atoms with van der Waals surface area (Å²) in [5, 5.41) is 3.81. The molecule has 1 saturated heterocycles. The van der Waals surface area contributed by atoms with Crippen molar-refractivity contribution in [1.29, 1.82) is 0 Å². The Hall–Kier alpha value is -3.54. The van der Waals surface area contributed by atoms with Crippen molar-refractivity contribution < 1.29 is 9.59 Å². The maximum atomic E-state index is 13.3. The summed E-state index contributed by atoms with van der Waals surface area (Å²) >= 11 is 7.62. The first-order valence-electron chi connectivity index (χ1n) is 12.2. The lowest BCUT2D eigenvalue weighted by atomic mass is 9.94. The monoisotopic (exact) mass is 526 g/mol. The highest BCUT2D eigenvalue weighted by Crippen LogP contribution is 2.39. The van der Waals surface area contributed by atoms with Crippen LogP contribution in [0.4, 0.5) is 0 Å². The van der Waals surface area contributed by atoms with Gasteiger partial charge in [-0.15, -0.1) is 11.8 Å². The molecule has 4 aromatic rings. The molecule has 5 rings (SSSR count). The molecule has 0 aromatic heterocycles. The summed E-state index contributed by atoms with van der Waals surface area (Å²) in [4.78, 5) is 27.9. The smallest absolute Gasteiger partial charge is 0.252 e. The maximum Gasteiger partial charge on any atom is 0.252 e. The van der Waals surface area contributed by atoms with Gasteiger partial charge in [0.15, 0.2) is 0 Å². The zero-order valence-electron chi connectivity index (χ0n) is 20.4. The fraction of sp³-hybridized carbons (Fsp3) is 0.161. The highest BCUT2D eigenvalue weighted by Gasteiger charge is 2.33. The molecule has 1 heterocycles. The van der Waals surface area contributed by atoms with Crippen LogP contribution in [0.2, 0.25) is 5.02 Å². The number of benzene rings is 4. The van der Waals surface area contributed by atoms with Crippen molar-refractivity contribution in [2.75, 3.05) is 5.75 Å². The highest BCUT2D eigenvalue weighted by atomic mass is 35.5. The lowest BCUT2D eigenvalue weighted by Crippen LogP contribution is -2.30. The van der Waals surface area contributed by atoms with E-state index >= 15 is 0 Å². The van der Waals surface area contributed by atoms with Gasteiger partial charge >= 0.3 is 0 Å². The number of aryl methyl sites for hydroxylation is 1. The topological polar surface area (TPSA) is 49.4 Å². The maximum absolute atomic E-state index is 13.3. The number of thioether (sulfide) groups is 1. The third-order valence-corrected chi connectivity index (χ3v) is 8.11. The van der Waals surface area contributed by atoms with E-state index in [9.17, 15) is 9.59 Å². The molecular formula is C31H27ClN2O2S. The number of hydrogen-bond donors (Lipinski definition) is 1. The fourth-order valence-corrected chi connectivity index (χ4v) is 5.91. The molecule has 37 heavy (non-hydrogen) atoms. The van der Waals surface area contributed by atoms with Crippen LogP contribution >= 0.6 is 23.4 Å². The van der Waals surface area contributed by atoms with E-state index < -0.39 is 0 Å². The molecule has 0 saturated carbocycles. The molecular weight excluding hydrogens is 500 g/mol. The highest BCUT2D eigenvalue weighted by molar-refractivity contribution is 8.00. The van der Waals surface area contributed by atoms with Gasteiger partial charge in [0.1, 0.15) is 5.37 Å².